The molecule has 0 bridgehead atoms. The number of rotatable bonds is 41. The standard InChI is InChI=1S/C54H87NO7/c1-6-8-10-12-14-16-18-20-22-23-24-25-26-27-28-29-31-33-35-37-39-41-43-45-53(57)62-50(48-60-47-46-51(54(58)59)55(3,4)5)49-61-52(56)44-42-40-38-36-34-32-30-21-19-17-15-13-11-9-7-2/h8-11,13-17,19-22,24-25,30,32,34,50-51H,6-7,12,18,23,26-29,31,33,35-49H2,1-5H3/p+1/b10-8+,11-9+,15-13+,16-14+,19-17+,22-20+,25-24+,30-21+,34-32+. The summed E-state index contributed by atoms with van der Waals surface area (Å²) in [5, 5.41) is 9.64. The third kappa shape index (κ3) is 41.3. The number of esters is 2. The molecule has 0 aromatic heterocycles. The number of ether oxygens (including phenoxy) is 3. The van der Waals surface area contributed by atoms with E-state index in [0.717, 1.165) is 83.5 Å². The minimum absolute atomic E-state index is 0.0382. The second-order valence-corrected chi connectivity index (χ2v) is 16.7. The van der Waals surface area contributed by atoms with Gasteiger partial charge in [0.2, 0.25) is 0 Å². The van der Waals surface area contributed by atoms with E-state index in [4.69, 9.17) is 14.2 Å². The molecule has 8 nitrogen and oxygen atoms in total. The van der Waals surface area contributed by atoms with Gasteiger partial charge in [0.15, 0.2) is 12.1 Å². The van der Waals surface area contributed by atoms with Crippen LogP contribution in [0.1, 0.15) is 162 Å². The first-order valence-electron chi connectivity index (χ1n) is 24.0. The number of hydrogen-bond acceptors (Lipinski definition) is 6. The first kappa shape index (κ1) is 58.0. The highest BCUT2D eigenvalue weighted by molar-refractivity contribution is 5.72. The number of carboxylic acids is 1. The number of allylic oxidation sites excluding steroid dienone is 18. The largest absolute Gasteiger partial charge is 0.477 e. The minimum atomic E-state index is -0.887. The number of carboxylic acid groups (broad SMARTS) is 1. The van der Waals surface area contributed by atoms with E-state index >= 15 is 0 Å². The predicted octanol–water partition coefficient (Wildman–Crippen LogP) is 13.6. The van der Waals surface area contributed by atoms with Crippen molar-refractivity contribution in [1.29, 1.82) is 0 Å². The molecule has 0 rings (SSSR count). The Labute approximate surface area is 378 Å². The zero-order chi connectivity index (χ0) is 45.6. The highest BCUT2D eigenvalue weighted by Crippen LogP contribution is 2.14. The number of unbranched alkanes of at least 4 members (excludes halogenated alkanes) is 13. The molecule has 0 aliphatic carbocycles. The maximum absolute atomic E-state index is 12.8. The van der Waals surface area contributed by atoms with E-state index < -0.39 is 18.1 Å². The van der Waals surface area contributed by atoms with Gasteiger partial charge in [-0.15, -0.1) is 0 Å². The van der Waals surface area contributed by atoms with Crippen molar-refractivity contribution in [1.82, 2.24) is 0 Å². The van der Waals surface area contributed by atoms with Crippen molar-refractivity contribution in [3.05, 3.63) is 109 Å². The Morgan fingerprint density at radius 3 is 1.47 bits per heavy atom. The number of carbonyl (C=O) groups is 3. The Morgan fingerprint density at radius 1 is 0.500 bits per heavy atom. The van der Waals surface area contributed by atoms with E-state index in [-0.39, 0.29) is 36.2 Å². The Balaban J connectivity index is 4.34. The monoisotopic (exact) mass is 863 g/mol. The fraction of sp³-hybridized carbons (Fsp3) is 0.611. The van der Waals surface area contributed by atoms with Gasteiger partial charge in [0.05, 0.1) is 34.4 Å². The van der Waals surface area contributed by atoms with Crippen LogP contribution in [0.5, 0.6) is 0 Å². The second kappa shape index (κ2) is 43.6. The topological polar surface area (TPSA) is 99.1 Å². The molecule has 1 N–H and O–H groups in total. The lowest BCUT2D eigenvalue weighted by molar-refractivity contribution is -0.887. The van der Waals surface area contributed by atoms with Gasteiger partial charge >= 0.3 is 17.9 Å². The van der Waals surface area contributed by atoms with Crippen molar-refractivity contribution in [3.63, 3.8) is 0 Å². The quantitative estimate of drug-likeness (QED) is 0.0215. The van der Waals surface area contributed by atoms with Gasteiger partial charge in [-0.25, -0.2) is 4.79 Å². The van der Waals surface area contributed by atoms with Crippen molar-refractivity contribution in [2.24, 2.45) is 0 Å². The fourth-order valence-electron chi connectivity index (χ4n) is 6.40. The fourth-order valence-corrected chi connectivity index (χ4v) is 6.40. The van der Waals surface area contributed by atoms with E-state index in [2.05, 4.69) is 74.6 Å². The molecule has 0 radical (unpaired) electrons. The van der Waals surface area contributed by atoms with Gasteiger partial charge in [0.1, 0.15) is 6.61 Å². The SMILES string of the molecule is CC/C=C/C=C/C=C/C=C/C=C/CCCCCC(=O)OCC(COCCC(C(=O)O)[N+](C)(C)C)OC(=O)CCCCCCCCCCCC/C=C/C/C=C/C/C=C/C/C=C/CC. The number of nitrogens with zero attached hydrogens (tertiary/aromatic N) is 1. The Bertz CT molecular complexity index is 1370. The van der Waals surface area contributed by atoms with Crippen molar-refractivity contribution in [3.8, 4) is 0 Å². The van der Waals surface area contributed by atoms with Gasteiger partial charge in [-0.2, -0.15) is 0 Å². The van der Waals surface area contributed by atoms with Gasteiger partial charge in [-0.05, 0) is 70.6 Å². The van der Waals surface area contributed by atoms with Gasteiger partial charge in [0.25, 0.3) is 0 Å². The summed E-state index contributed by atoms with van der Waals surface area (Å²) in [6, 6.07) is -0.629. The number of carbonyl (C=O) groups excluding carboxylic acids is 2. The van der Waals surface area contributed by atoms with E-state index in [9.17, 15) is 19.5 Å². The van der Waals surface area contributed by atoms with Crippen molar-refractivity contribution < 1.29 is 38.2 Å². The third-order valence-corrected chi connectivity index (χ3v) is 10.0. The van der Waals surface area contributed by atoms with Crippen LogP contribution in [0.3, 0.4) is 0 Å². The summed E-state index contributed by atoms with van der Waals surface area (Å²) in [5.74, 6) is -1.54. The summed E-state index contributed by atoms with van der Waals surface area (Å²) >= 11 is 0. The number of aliphatic carboxylic acids is 1. The molecular formula is C54H88NO7+. The lowest BCUT2D eigenvalue weighted by Gasteiger charge is -2.31. The van der Waals surface area contributed by atoms with E-state index in [1.165, 1.54) is 44.9 Å². The molecule has 0 spiro atoms. The van der Waals surface area contributed by atoms with Crippen LogP contribution in [0.25, 0.3) is 0 Å². The average molecular weight is 863 g/mol. The lowest BCUT2D eigenvalue weighted by atomic mass is 10.0. The maximum atomic E-state index is 12.8. The number of hydrogen-bond donors (Lipinski definition) is 1. The number of likely N-dealkylation sites (N-methyl/N-ethyl adjacent to an activating group) is 1. The summed E-state index contributed by atoms with van der Waals surface area (Å²) in [6.45, 7) is 4.41. The first-order valence-corrected chi connectivity index (χ1v) is 24.0. The molecule has 0 saturated carbocycles. The first-order chi connectivity index (χ1) is 30.1. The summed E-state index contributed by atoms with van der Waals surface area (Å²) in [7, 11) is 5.50. The lowest BCUT2D eigenvalue weighted by Crippen LogP contribution is -2.50. The molecular weight excluding hydrogens is 775 g/mol. The summed E-state index contributed by atoms with van der Waals surface area (Å²) < 4.78 is 17.3. The predicted molar refractivity (Wildman–Crippen MR) is 261 cm³/mol. The summed E-state index contributed by atoms with van der Waals surface area (Å²) in [5.41, 5.74) is 0. The maximum Gasteiger partial charge on any atom is 0.362 e. The molecule has 0 aliphatic rings. The van der Waals surface area contributed by atoms with Gasteiger partial charge in [0, 0.05) is 19.3 Å². The van der Waals surface area contributed by atoms with E-state index in [0.29, 0.717) is 19.3 Å². The molecule has 8 heteroatoms. The molecule has 62 heavy (non-hydrogen) atoms. The van der Waals surface area contributed by atoms with Crippen molar-refractivity contribution >= 4 is 17.9 Å². The van der Waals surface area contributed by atoms with Crippen LogP contribution in [-0.4, -0.2) is 80.6 Å². The molecule has 0 aromatic rings. The van der Waals surface area contributed by atoms with E-state index in [1.54, 1.807) is 0 Å². The molecule has 2 unspecified atom stereocenters. The Kier molecular flexibility index (Phi) is 40.8. The highest BCUT2D eigenvalue weighted by Gasteiger charge is 2.31. The molecule has 0 aromatic carbocycles. The zero-order valence-electron chi connectivity index (χ0n) is 39.8. The molecule has 0 amide bonds. The van der Waals surface area contributed by atoms with Gasteiger partial charge in [-0.3, -0.25) is 9.59 Å². The Morgan fingerprint density at radius 2 is 0.935 bits per heavy atom. The normalized spacial score (nSPS) is 13.9. The van der Waals surface area contributed by atoms with Crippen molar-refractivity contribution in [2.75, 3.05) is 41.0 Å². The van der Waals surface area contributed by atoms with Crippen LogP contribution < -0.4 is 0 Å². The second-order valence-electron chi connectivity index (χ2n) is 16.7. The smallest absolute Gasteiger partial charge is 0.362 e. The molecule has 0 fully saturated rings. The minimum Gasteiger partial charge on any atom is -0.477 e. The van der Waals surface area contributed by atoms with E-state index in [1.807, 2.05) is 69.8 Å². The molecule has 0 aliphatic heterocycles. The van der Waals surface area contributed by atoms with Crippen LogP contribution in [0, 0.1) is 0 Å². The Hall–Kier alpha value is -4.01. The molecule has 2 atom stereocenters. The van der Waals surface area contributed by atoms with Gasteiger partial charge < -0.3 is 23.8 Å². The highest BCUT2D eigenvalue weighted by atomic mass is 16.6. The molecule has 0 heterocycles. The summed E-state index contributed by atoms with van der Waals surface area (Å²) in [6.07, 6.45) is 59.9. The summed E-state index contributed by atoms with van der Waals surface area (Å²) in [4.78, 5) is 37.1. The van der Waals surface area contributed by atoms with Crippen LogP contribution in [0.2, 0.25) is 0 Å². The van der Waals surface area contributed by atoms with Crippen molar-refractivity contribution in [2.45, 2.75) is 174 Å². The van der Waals surface area contributed by atoms with Crippen LogP contribution in [-0.2, 0) is 28.6 Å². The van der Waals surface area contributed by atoms with Gasteiger partial charge in [-0.1, -0.05) is 181 Å². The van der Waals surface area contributed by atoms with Crippen LogP contribution in [0.15, 0.2) is 109 Å². The molecule has 350 valence electrons. The van der Waals surface area contributed by atoms with Crippen LogP contribution >= 0.6 is 0 Å². The zero-order valence-corrected chi connectivity index (χ0v) is 39.8. The molecule has 0 saturated heterocycles. The average Bonchev–Trinajstić information content (AvgIpc) is 3.23. The van der Waals surface area contributed by atoms with Crippen LogP contribution in [0.4, 0.5) is 0 Å². The number of quaternary nitrogens is 1. The third-order valence-electron chi connectivity index (χ3n) is 10.0.